The highest BCUT2D eigenvalue weighted by Gasteiger charge is 2.15. The molecule has 1 aromatic heterocycles. The summed E-state index contributed by atoms with van der Waals surface area (Å²) in [6, 6.07) is 18.0. The summed E-state index contributed by atoms with van der Waals surface area (Å²) in [6.45, 7) is 8.85. The highest BCUT2D eigenvalue weighted by molar-refractivity contribution is 7.99. The zero-order chi connectivity index (χ0) is 22.4. The molecule has 1 unspecified atom stereocenters. The Hall–Kier alpha value is -2.80. The Morgan fingerprint density at radius 1 is 1.10 bits per heavy atom. The molecule has 6 nitrogen and oxygen atoms in total. The van der Waals surface area contributed by atoms with Crippen LogP contribution in [0.5, 0.6) is 5.75 Å². The van der Waals surface area contributed by atoms with Crippen molar-refractivity contribution in [1.29, 1.82) is 0 Å². The van der Waals surface area contributed by atoms with Gasteiger partial charge in [0.25, 0.3) is 0 Å². The average molecular weight is 439 g/mol. The van der Waals surface area contributed by atoms with E-state index in [1.165, 1.54) is 17.3 Å². The third-order valence-corrected chi connectivity index (χ3v) is 6.04. The molecule has 1 amide bonds. The van der Waals surface area contributed by atoms with Gasteiger partial charge in [-0.3, -0.25) is 4.79 Å². The van der Waals surface area contributed by atoms with E-state index in [9.17, 15) is 4.79 Å². The molecule has 0 fully saturated rings. The standard InChI is InChI=1S/C24H30N4O2S/c1-17(18-9-7-6-8-10-18)25-22(29)16-31-23-27-26-21(28(23)5)15-30-20-13-11-19(12-14-20)24(2,3)4/h6-14,17H,15-16H2,1-5H3,(H,25,29). The number of nitrogens with zero attached hydrogens (tertiary/aromatic N) is 3. The van der Waals surface area contributed by atoms with Crippen LogP contribution in [0.4, 0.5) is 0 Å². The van der Waals surface area contributed by atoms with Crippen LogP contribution < -0.4 is 10.1 Å². The van der Waals surface area contributed by atoms with Crippen LogP contribution in [0.15, 0.2) is 59.8 Å². The maximum atomic E-state index is 12.3. The number of aromatic nitrogens is 3. The van der Waals surface area contributed by atoms with Crippen molar-refractivity contribution in [3.05, 3.63) is 71.5 Å². The fourth-order valence-electron chi connectivity index (χ4n) is 3.03. The molecule has 1 atom stereocenters. The molecule has 3 aromatic rings. The van der Waals surface area contributed by atoms with Gasteiger partial charge >= 0.3 is 0 Å². The molecule has 0 saturated heterocycles. The molecule has 31 heavy (non-hydrogen) atoms. The van der Waals surface area contributed by atoms with Crippen LogP contribution in [0, 0.1) is 0 Å². The Kier molecular flexibility index (Phi) is 7.38. The van der Waals surface area contributed by atoms with Crippen molar-refractivity contribution in [1.82, 2.24) is 20.1 Å². The van der Waals surface area contributed by atoms with Gasteiger partial charge < -0.3 is 14.6 Å². The van der Waals surface area contributed by atoms with Crippen LogP contribution in [-0.2, 0) is 23.9 Å². The zero-order valence-electron chi connectivity index (χ0n) is 18.8. The molecule has 0 aliphatic rings. The molecule has 2 aromatic carbocycles. The van der Waals surface area contributed by atoms with Crippen molar-refractivity contribution < 1.29 is 9.53 Å². The van der Waals surface area contributed by atoms with E-state index in [1.54, 1.807) is 0 Å². The number of hydrogen-bond acceptors (Lipinski definition) is 5. The summed E-state index contributed by atoms with van der Waals surface area (Å²) in [7, 11) is 1.88. The lowest BCUT2D eigenvalue weighted by molar-refractivity contribution is -0.119. The predicted octanol–water partition coefficient (Wildman–Crippen LogP) is 4.66. The van der Waals surface area contributed by atoms with Gasteiger partial charge in [0.2, 0.25) is 5.91 Å². The maximum Gasteiger partial charge on any atom is 0.230 e. The summed E-state index contributed by atoms with van der Waals surface area (Å²) in [4.78, 5) is 12.3. The number of amides is 1. The van der Waals surface area contributed by atoms with Gasteiger partial charge in [-0.05, 0) is 35.6 Å². The number of hydrogen-bond donors (Lipinski definition) is 1. The number of thioether (sulfide) groups is 1. The first kappa shape index (κ1) is 22.9. The zero-order valence-corrected chi connectivity index (χ0v) is 19.6. The van der Waals surface area contributed by atoms with Crippen LogP contribution in [0.2, 0.25) is 0 Å². The molecule has 0 bridgehead atoms. The Morgan fingerprint density at radius 3 is 2.42 bits per heavy atom. The third-order valence-electron chi connectivity index (χ3n) is 5.02. The van der Waals surface area contributed by atoms with Crippen molar-refractivity contribution >= 4 is 17.7 Å². The summed E-state index contributed by atoms with van der Waals surface area (Å²) < 4.78 is 7.73. The first-order chi connectivity index (χ1) is 14.7. The van der Waals surface area contributed by atoms with Crippen molar-refractivity contribution in [2.45, 2.75) is 50.9 Å². The lowest BCUT2D eigenvalue weighted by Crippen LogP contribution is -2.28. The van der Waals surface area contributed by atoms with E-state index in [0.29, 0.717) is 17.6 Å². The van der Waals surface area contributed by atoms with Gasteiger partial charge in [-0.15, -0.1) is 10.2 Å². The molecule has 7 heteroatoms. The van der Waals surface area contributed by atoms with Gasteiger partial charge in [0.15, 0.2) is 11.0 Å². The van der Waals surface area contributed by atoms with Gasteiger partial charge in [0.05, 0.1) is 11.8 Å². The lowest BCUT2D eigenvalue weighted by atomic mass is 9.87. The number of nitrogens with one attached hydrogen (secondary N) is 1. The Bertz CT molecular complexity index is 995. The first-order valence-corrected chi connectivity index (χ1v) is 11.3. The van der Waals surface area contributed by atoms with E-state index in [0.717, 1.165) is 11.3 Å². The summed E-state index contributed by atoms with van der Waals surface area (Å²) in [5.41, 5.74) is 2.45. The molecule has 1 N–H and O–H groups in total. The minimum absolute atomic E-state index is 0.0394. The average Bonchev–Trinajstić information content (AvgIpc) is 3.10. The summed E-state index contributed by atoms with van der Waals surface area (Å²) in [6.07, 6.45) is 0. The van der Waals surface area contributed by atoms with E-state index in [4.69, 9.17) is 4.74 Å². The van der Waals surface area contributed by atoms with Crippen molar-refractivity contribution in [3.8, 4) is 5.75 Å². The van der Waals surface area contributed by atoms with Crippen LogP contribution in [-0.4, -0.2) is 26.4 Å². The second-order valence-electron chi connectivity index (χ2n) is 8.51. The number of ether oxygens (including phenoxy) is 1. The van der Waals surface area contributed by atoms with Gasteiger partial charge in [-0.1, -0.05) is 75.0 Å². The molecule has 0 aliphatic heterocycles. The molecule has 0 radical (unpaired) electrons. The lowest BCUT2D eigenvalue weighted by Gasteiger charge is -2.19. The van der Waals surface area contributed by atoms with Crippen LogP contribution >= 0.6 is 11.8 Å². The molecule has 0 saturated carbocycles. The fraction of sp³-hybridized carbons (Fsp3) is 0.375. The molecule has 1 heterocycles. The normalized spacial score (nSPS) is 12.4. The van der Waals surface area contributed by atoms with E-state index >= 15 is 0 Å². The van der Waals surface area contributed by atoms with Crippen LogP contribution in [0.1, 0.15) is 50.7 Å². The third kappa shape index (κ3) is 6.34. The summed E-state index contributed by atoms with van der Waals surface area (Å²) in [5, 5.41) is 12.1. The Morgan fingerprint density at radius 2 is 1.77 bits per heavy atom. The van der Waals surface area contributed by atoms with Gasteiger partial charge in [-0.2, -0.15) is 0 Å². The van der Waals surface area contributed by atoms with Gasteiger partial charge in [-0.25, -0.2) is 0 Å². The van der Waals surface area contributed by atoms with E-state index in [2.05, 4.69) is 48.4 Å². The smallest absolute Gasteiger partial charge is 0.230 e. The van der Waals surface area contributed by atoms with Crippen molar-refractivity contribution in [2.24, 2.45) is 7.05 Å². The van der Waals surface area contributed by atoms with Crippen molar-refractivity contribution in [2.75, 3.05) is 5.75 Å². The molecular formula is C24H30N4O2S. The largest absolute Gasteiger partial charge is 0.486 e. The van der Waals surface area contributed by atoms with Gasteiger partial charge in [0.1, 0.15) is 12.4 Å². The molecule has 3 rings (SSSR count). The fourth-order valence-corrected chi connectivity index (χ4v) is 3.77. The van der Waals surface area contributed by atoms with E-state index < -0.39 is 0 Å². The number of rotatable bonds is 8. The van der Waals surface area contributed by atoms with E-state index in [1.807, 2.05) is 61.0 Å². The van der Waals surface area contributed by atoms with Crippen LogP contribution in [0.25, 0.3) is 0 Å². The molecule has 164 valence electrons. The maximum absolute atomic E-state index is 12.3. The highest BCUT2D eigenvalue weighted by Crippen LogP contribution is 2.25. The van der Waals surface area contributed by atoms with Crippen LogP contribution in [0.3, 0.4) is 0 Å². The summed E-state index contributed by atoms with van der Waals surface area (Å²) >= 11 is 1.36. The van der Waals surface area contributed by atoms with Crippen molar-refractivity contribution in [3.63, 3.8) is 0 Å². The van der Waals surface area contributed by atoms with Gasteiger partial charge in [0, 0.05) is 7.05 Å². The number of carbonyl (C=O) groups excluding carboxylic acids is 1. The minimum atomic E-state index is -0.0407. The monoisotopic (exact) mass is 438 g/mol. The second kappa shape index (κ2) is 10.0. The highest BCUT2D eigenvalue weighted by atomic mass is 32.2. The molecular weight excluding hydrogens is 408 g/mol. The molecule has 0 spiro atoms. The predicted molar refractivity (Wildman–Crippen MR) is 124 cm³/mol. The quantitative estimate of drug-likeness (QED) is 0.518. The Labute approximate surface area is 188 Å². The van der Waals surface area contributed by atoms with E-state index in [-0.39, 0.29) is 23.1 Å². The molecule has 0 aliphatic carbocycles. The number of benzene rings is 2. The first-order valence-electron chi connectivity index (χ1n) is 10.3. The minimum Gasteiger partial charge on any atom is -0.486 e. The Balaban J connectivity index is 1.50. The summed E-state index contributed by atoms with van der Waals surface area (Å²) in [5.74, 6) is 1.74. The number of carbonyl (C=O) groups is 1. The SMILES string of the molecule is CC(NC(=O)CSc1nnc(COc2ccc(C(C)(C)C)cc2)n1C)c1ccccc1. The topological polar surface area (TPSA) is 69.0 Å². The second-order valence-corrected chi connectivity index (χ2v) is 9.45.